The quantitative estimate of drug-likeness (QED) is 0.380. The van der Waals surface area contributed by atoms with Crippen LogP contribution in [0.2, 0.25) is 0 Å². The molecule has 0 spiro atoms. The Morgan fingerprint density at radius 1 is 0.963 bits per heavy atom. The topological polar surface area (TPSA) is 71.1 Å². The molecule has 0 heterocycles. The van der Waals surface area contributed by atoms with Crippen LogP contribution < -0.4 is 9.47 Å². The van der Waals surface area contributed by atoms with Gasteiger partial charge in [-0.15, -0.1) is 0 Å². The van der Waals surface area contributed by atoms with Gasteiger partial charge in [0, 0.05) is 7.11 Å². The average molecular weight is 372 g/mol. The summed E-state index contributed by atoms with van der Waals surface area (Å²) in [6, 6.07) is 13.8. The lowest BCUT2D eigenvalue weighted by Crippen LogP contribution is -2.18. The maximum Gasteiger partial charge on any atom is 0.349 e. The SMILES string of the molecule is COCCOC(=O)c1cccc(OC(=O)COc2ccc(C(C)C)cc2)c1. The van der Waals surface area contributed by atoms with E-state index in [4.69, 9.17) is 18.9 Å². The summed E-state index contributed by atoms with van der Waals surface area (Å²) in [5.41, 5.74) is 1.49. The van der Waals surface area contributed by atoms with E-state index in [9.17, 15) is 9.59 Å². The lowest BCUT2D eigenvalue weighted by atomic mass is 10.0. The molecule has 0 unspecified atom stereocenters. The first kappa shape index (κ1) is 20.5. The van der Waals surface area contributed by atoms with Crippen LogP contribution in [0, 0.1) is 0 Å². The number of methoxy groups -OCH3 is 1. The van der Waals surface area contributed by atoms with Gasteiger partial charge in [-0.1, -0.05) is 32.0 Å². The van der Waals surface area contributed by atoms with E-state index in [1.54, 1.807) is 18.2 Å². The Morgan fingerprint density at radius 2 is 1.70 bits per heavy atom. The summed E-state index contributed by atoms with van der Waals surface area (Å²) in [6.07, 6.45) is 0. The van der Waals surface area contributed by atoms with Gasteiger partial charge in [-0.3, -0.25) is 0 Å². The molecule has 2 aromatic rings. The number of benzene rings is 2. The van der Waals surface area contributed by atoms with Gasteiger partial charge in [0.2, 0.25) is 0 Å². The van der Waals surface area contributed by atoms with E-state index in [1.807, 2.05) is 24.3 Å². The first-order valence-corrected chi connectivity index (χ1v) is 8.69. The molecule has 2 rings (SSSR count). The van der Waals surface area contributed by atoms with Crippen molar-refractivity contribution in [3.05, 3.63) is 59.7 Å². The molecule has 0 aliphatic rings. The second-order valence-electron chi connectivity index (χ2n) is 6.14. The number of carbonyl (C=O) groups excluding carboxylic acids is 2. The van der Waals surface area contributed by atoms with Gasteiger partial charge in [-0.25, -0.2) is 9.59 Å². The molecule has 0 amide bonds. The molecule has 0 aliphatic carbocycles. The summed E-state index contributed by atoms with van der Waals surface area (Å²) >= 11 is 0. The van der Waals surface area contributed by atoms with Crippen LogP contribution in [0.15, 0.2) is 48.5 Å². The van der Waals surface area contributed by atoms with E-state index >= 15 is 0 Å². The van der Waals surface area contributed by atoms with E-state index in [0.717, 1.165) is 0 Å². The van der Waals surface area contributed by atoms with E-state index in [0.29, 0.717) is 23.8 Å². The second kappa shape index (κ2) is 10.3. The Bertz CT molecular complexity index is 752. The summed E-state index contributed by atoms with van der Waals surface area (Å²) < 4.78 is 20.5. The zero-order valence-electron chi connectivity index (χ0n) is 15.8. The molecule has 0 aliphatic heterocycles. The first-order chi connectivity index (χ1) is 13.0. The number of esters is 2. The zero-order chi connectivity index (χ0) is 19.6. The molecule has 6 heteroatoms. The van der Waals surface area contributed by atoms with Gasteiger partial charge in [-0.05, 0) is 41.8 Å². The van der Waals surface area contributed by atoms with Gasteiger partial charge in [0.1, 0.15) is 18.1 Å². The minimum absolute atomic E-state index is 0.156. The van der Waals surface area contributed by atoms with Crippen molar-refractivity contribution in [1.29, 1.82) is 0 Å². The Balaban J connectivity index is 1.86. The first-order valence-electron chi connectivity index (χ1n) is 8.69. The minimum Gasteiger partial charge on any atom is -0.482 e. The molecule has 0 radical (unpaired) electrons. The average Bonchev–Trinajstić information content (AvgIpc) is 2.67. The van der Waals surface area contributed by atoms with Crippen molar-refractivity contribution < 1.29 is 28.5 Å². The van der Waals surface area contributed by atoms with E-state index in [2.05, 4.69) is 13.8 Å². The van der Waals surface area contributed by atoms with Crippen molar-refractivity contribution >= 4 is 11.9 Å². The number of rotatable bonds is 9. The van der Waals surface area contributed by atoms with Crippen LogP contribution in [0.1, 0.15) is 35.7 Å². The van der Waals surface area contributed by atoms with Crippen molar-refractivity contribution in [2.75, 3.05) is 26.9 Å². The van der Waals surface area contributed by atoms with Crippen LogP contribution in [0.3, 0.4) is 0 Å². The highest BCUT2D eigenvalue weighted by Gasteiger charge is 2.11. The number of hydrogen-bond donors (Lipinski definition) is 0. The van der Waals surface area contributed by atoms with Gasteiger partial charge in [-0.2, -0.15) is 0 Å². The minimum atomic E-state index is -0.562. The third kappa shape index (κ3) is 6.75. The normalized spacial score (nSPS) is 10.5. The van der Waals surface area contributed by atoms with Crippen LogP contribution in [0.5, 0.6) is 11.5 Å². The van der Waals surface area contributed by atoms with Crippen molar-refractivity contribution in [2.45, 2.75) is 19.8 Å². The molecule has 27 heavy (non-hydrogen) atoms. The van der Waals surface area contributed by atoms with Gasteiger partial charge in [0.25, 0.3) is 0 Å². The van der Waals surface area contributed by atoms with Crippen LogP contribution in [0.25, 0.3) is 0 Å². The van der Waals surface area contributed by atoms with Crippen LogP contribution in [-0.4, -0.2) is 38.9 Å². The van der Waals surface area contributed by atoms with Gasteiger partial charge < -0.3 is 18.9 Å². The molecule has 0 saturated carbocycles. The highest BCUT2D eigenvalue weighted by molar-refractivity contribution is 5.90. The Kier molecular flexibility index (Phi) is 7.82. The summed E-state index contributed by atoms with van der Waals surface area (Å²) in [5.74, 6) is 0.198. The van der Waals surface area contributed by atoms with Crippen LogP contribution in [0.4, 0.5) is 0 Å². The molecular formula is C21H24O6. The molecular weight excluding hydrogens is 348 g/mol. The van der Waals surface area contributed by atoms with Crippen molar-refractivity contribution in [2.24, 2.45) is 0 Å². The standard InChI is InChI=1S/C21H24O6/c1-15(2)16-7-9-18(10-8-16)26-14-20(22)27-19-6-4-5-17(13-19)21(23)25-12-11-24-3/h4-10,13,15H,11-12,14H2,1-3H3. The largest absolute Gasteiger partial charge is 0.482 e. The fraction of sp³-hybridized carbons (Fsp3) is 0.333. The molecule has 144 valence electrons. The predicted molar refractivity (Wildman–Crippen MR) is 100 cm³/mol. The summed E-state index contributed by atoms with van der Waals surface area (Å²) in [4.78, 5) is 23.9. The monoisotopic (exact) mass is 372 g/mol. The van der Waals surface area contributed by atoms with Gasteiger partial charge >= 0.3 is 11.9 Å². The zero-order valence-corrected chi connectivity index (χ0v) is 15.8. The fourth-order valence-electron chi connectivity index (χ4n) is 2.24. The molecule has 0 bridgehead atoms. The molecule has 6 nitrogen and oxygen atoms in total. The lowest BCUT2D eigenvalue weighted by Gasteiger charge is -2.09. The summed E-state index contributed by atoms with van der Waals surface area (Å²) in [7, 11) is 1.52. The third-order valence-electron chi connectivity index (χ3n) is 3.73. The number of ether oxygens (including phenoxy) is 4. The van der Waals surface area contributed by atoms with E-state index in [-0.39, 0.29) is 19.0 Å². The maximum absolute atomic E-state index is 12.0. The molecule has 0 atom stereocenters. The van der Waals surface area contributed by atoms with Crippen molar-refractivity contribution in [1.82, 2.24) is 0 Å². The van der Waals surface area contributed by atoms with E-state index in [1.165, 1.54) is 18.7 Å². The van der Waals surface area contributed by atoms with Crippen LogP contribution in [-0.2, 0) is 14.3 Å². The van der Waals surface area contributed by atoms with Crippen molar-refractivity contribution in [3.8, 4) is 11.5 Å². The molecule has 0 saturated heterocycles. The predicted octanol–water partition coefficient (Wildman–Crippen LogP) is 3.60. The van der Waals surface area contributed by atoms with Gasteiger partial charge in [0.05, 0.1) is 12.2 Å². The van der Waals surface area contributed by atoms with E-state index < -0.39 is 11.9 Å². The lowest BCUT2D eigenvalue weighted by molar-refractivity contribution is -0.136. The Labute approximate surface area is 159 Å². The molecule has 0 fully saturated rings. The fourth-order valence-corrected chi connectivity index (χ4v) is 2.24. The number of carbonyl (C=O) groups is 2. The Hall–Kier alpha value is -2.86. The van der Waals surface area contributed by atoms with Gasteiger partial charge in [0.15, 0.2) is 6.61 Å². The van der Waals surface area contributed by atoms with Crippen molar-refractivity contribution in [3.63, 3.8) is 0 Å². The highest BCUT2D eigenvalue weighted by Crippen LogP contribution is 2.19. The van der Waals surface area contributed by atoms with Crippen LogP contribution >= 0.6 is 0 Å². The molecule has 0 aromatic heterocycles. The summed E-state index contributed by atoms with van der Waals surface area (Å²) in [6.45, 7) is 4.45. The smallest absolute Gasteiger partial charge is 0.349 e. The third-order valence-corrected chi connectivity index (χ3v) is 3.73. The highest BCUT2D eigenvalue weighted by atomic mass is 16.6. The molecule has 2 aromatic carbocycles. The molecule has 0 N–H and O–H groups in total. The number of hydrogen-bond acceptors (Lipinski definition) is 6. The summed E-state index contributed by atoms with van der Waals surface area (Å²) in [5, 5.41) is 0. The Morgan fingerprint density at radius 3 is 2.37 bits per heavy atom. The maximum atomic E-state index is 12.0. The second-order valence-corrected chi connectivity index (χ2v) is 6.14.